The number of nitrogens with two attached hydrogens (primary N) is 1. The molecule has 1 heterocycles. The summed E-state index contributed by atoms with van der Waals surface area (Å²) in [5.41, 5.74) is 6.47. The average Bonchev–Trinajstić information content (AvgIpc) is 2.25. The molecule has 1 saturated heterocycles. The summed E-state index contributed by atoms with van der Waals surface area (Å²) >= 11 is 0. The molecule has 0 unspecified atom stereocenters. The van der Waals surface area contributed by atoms with Gasteiger partial charge in [-0.25, -0.2) is 0 Å². The first-order valence-electron chi connectivity index (χ1n) is 5.48. The molecule has 1 aromatic carbocycles. The molecule has 0 atom stereocenters. The molecular formula is C12H14N2O4. The molecule has 0 aromatic heterocycles. The van der Waals surface area contributed by atoms with E-state index in [0.29, 0.717) is 17.0 Å². The van der Waals surface area contributed by atoms with E-state index >= 15 is 0 Å². The number of carbonyl (C=O) groups is 2. The number of aliphatic carboxylic acids is 1. The van der Waals surface area contributed by atoms with Gasteiger partial charge in [0, 0.05) is 24.8 Å². The second kappa shape index (κ2) is 4.56. The molecule has 0 spiro atoms. The van der Waals surface area contributed by atoms with Gasteiger partial charge in [-0.1, -0.05) is 0 Å². The van der Waals surface area contributed by atoms with Crippen LogP contribution in [0.2, 0.25) is 0 Å². The Labute approximate surface area is 104 Å². The number of rotatable bonds is 3. The summed E-state index contributed by atoms with van der Waals surface area (Å²) in [7, 11) is 1.52. The molecular weight excluding hydrogens is 236 g/mol. The van der Waals surface area contributed by atoms with E-state index in [9.17, 15) is 9.59 Å². The Morgan fingerprint density at radius 3 is 2.61 bits per heavy atom. The largest absolute Gasteiger partial charge is 0.497 e. The highest BCUT2D eigenvalue weighted by molar-refractivity contribution is 6.00. The Bertz CT molecular complexity index is 495. The maximum Gasteiger partial charge on any atom is 0.310 e. The van der Waals surface area contributed by atoms with Gasteiger partial charge in [-0.2, -0.15) is 0 Å². The molecule has 1 aromatic rings. The zero-order valence-electron chi connectivity index (χ0n) is 9.92. The molecule has 0 radical (unpaired) electrons. The maximum atomic E-state index is 12.0. The van der Waals surface area contributed by atoms with Crippen molar-refractivity contribution in [2.24, 2.45) is 5.92 Å². The number of carboxylic acid groups (broad SMARTS) is 1. The Morgan fingerprint density at radius 1 is 1.44 bits per heavy atom. The Kier molecular flexibility index (Phi) is 3.10. The first-order chi connectivity index (χ1) is 8.52. The molecule has 18 heavy (non-hydrogen) atoms. The lowest BCUT2D eigenvalue weighted by atomic mass is 9.99. The first kappa shape index (κ1) is 12.2. The zero-order chi connectivity index (χ0) is 13.3. The van der Waals surface area contributed by atoms with Crippen LogP contribution in [0, 0.1) is 5.92 Å². The molecule has 1 amide bonds. The number of nitrogen functional groups attached to an aromatic ring is 1. The van der Waals surface area contributed by atoms with Crippen LogP contribution in [0.15, 0.2) is 18.2 Å². The van der Waals surface area contributed by atoms with E-state index in [2.05, 4.69) is 0 Å². The minimum Gasteiger partial charge on any atom is -0.497 e. The number of methoxy groups -OCH3 is 1. The van der Waals surface area contributed by atoms with E-state index < -0.39 is 11.9 Å². The minimum atomic E-state index is -0.873. The third-order valence-electron chi connectivity index (χ3n) is 3.01. The van der Waals surface area contributed by atoms with Crippen molar-refractivity contribution in [1.82, 2.24) is 4.90 Å². The summed E-state index contributed by atoms with van der Waals surface area (Å²) in [6.07, 6.45) is 0. The van der Waals surface area contributed by atoms with E-state index in [0.717, 1.165) is 0 Å². The van der Waals surface area contributed by atoms with E-state index in [-0.39, 0.29) is 19.0 Å². The van der Waals surface area contributed by atoms with Gasteiger partial charge in [0.1, 0.15) is 5.75 Å². The summed E-state index contributed by atoms with van der Waals surface area (Å²) in [6.45, 7) is 0.471. The third-order valence-corrected chi connectivity index (χ3v) is 3.01. The average molecular weight is 250 g/mol. The number of benzene rings is 1. The fourth-order valence-electron chi connectivity index (χ4n) is 1.83. The van der Waals surface area contributed by atoms with Crippen molar-refractivity contribution >= 4 is 17.6 Å². The van der Waals surface area contributed by atoms with E-state index in [1.807, 2.05) is 0 Å². The van der Waals surface area contributed by atoms with Gasteiger partial charge in [-0.05, 0) is 12.1 Å². The molecule has 6 heteroatoms. The van der Waals surface area contributed by atoms with Crippen molar-refractivity contribution in [2.45, 2.75) is 0 Å². The maximum absolute atomic E-state index is 12.0. The topological polar surface area (TPSA) is 92.9 Å². The van der Waals surface area contributed by atoms with E-state index in [1.165, 1.54) is 12.0 Å². The normalized spacial score (nSPS) is 15.1. The lowest BCUT2D eigenvalue weighted by Crippen LogP contribution is -2.53. The van der Waals surface area contributed by atoms with Crippen LogP contribution in [0.25, 0.3) is 0 Å². The molecule has 2 rings (SSSR count). The molecule has 6 nitrogen and oxygen atoms in total. The number of hydrogen-bond acceptors (Lipinski definition) is 4. The Morgan fingerprint density at radius 2 is 2.11 bits per heavy atom. The van der Waals surface area contributed by atoms with Gasteiger partial charge in [-0.15, -0.1) is 0 Å². The number of anilines is 1. The Hall–Kier alpha value is -2.24. The first-order valence-corrected chi connectivity index (χ1v) is 5.48. The second-order valence-electron chi connectivity index (χ2n) is 4.20. The summed E-state index contributed by atoms with van der Waals surface area (Å²) < 4.78 is 5.00. The number of likely N-dealkylation sites (tertiary alicyclic amines) is 1. The number of ether oxygens (including phenoxy) is 1. The number of carboxylic acids is 1. The lowest BCUT2D eigenvalue weighted by Gasteiger charge is -2.36. The van der Waals surface area contributed by atoms with Gasteiger partial charge in [-0.3, -0.25) is 9.59 Å². The monoisotopic (exact) mass is 250 g/mol. The number of nitrogens with zero attached hydrogens (tertiary/aromatic N) is 1. The minimum absolute atomic E-state index is 0.236. The van der Waals surface area contributed by atoms with Crippen LogP contribution in [-0.2, 0) is 4.79 Å². The number of carbonyl (C=O) groups excluding carboxylic acids is 1. The van der Waals surface area contributed by atoms with E-state index in [1.54, 1.807) is 18.2 Å². The standard InChI is InChI=1S/C12H14N2O4/c1-18-8-2-3-9(10(13)4-8)11(15)14-5-7(6-14)12(16)17/h2-4,7H,5-6,13H2,1H3,(H,16,17). The summed E-state index contributed by atoms with van der Waals surface area (Å²) in [5, 5.41) is 8.75. The third kappa shape index (κ3) is 2.09. The van der Waals surface area contributed by atoms with Gasteiger partial charge in [0.2, 0.25) is 0 Å². The molecule has 96 valence electrons. The van der Waals surface area contributed by atoms with Crippen molar-refractivity contribution in [3.8, 4) is 5.75 Å². The Balaban J connectivity index is 2.09. The molecule has 0 bridgehead atoms. The van der Waals surface area contributed by atoms with Crippen LogP contribution in [-0.4, -0.2) is 42.1 Å². The number of amides is 1. The van der Waals surface area contributed by atoms with Crippen molar-refractivity contribution in [3.05, 3.63) is 23.8 Å². The highest BCUT2D eigenvalue weighted by Crippen LogP contribution is 2.24. The molecule has 3 N–H and O–H groups in total. The van der Waals surface area contributed by atoms with Crippen molar-refractivity contribution in [2.75, 3.05) is 25.9 Å². The van der Waals surface area contributed by atoms with Crippen molar-refractivity contribution < 1.29 is 19.4 Å². The highest BCUT2D eigenvalue weighted by atomic mass is 16.5. The van der Waals surface area contributed by atoms with Crippen LogP contribution in [0.1, 0.15) is 10.4 Å². The van der Waals surface area contributed by atoms with Crippen LogP contribution >= 0.6 is 0 Å². The van der Waals surface area contributed by atoms with Gasteiger partial charge in [0.15, 0.2) is 0 Å². The fraction of sp³-hybridized carbons (Fsp3) is 0.333. The predicted molar refractivity (Wildman–Crippen MR) is 64.4 cm³/mol. The molecule has 1 fully saturated rings. The predicted octanol–water partition coefficient (Wildman–Crippen LogP) is 0.434. The quantitative estimate of drug-likeness (QED) is 0.759. The van der Waals surface area contributed by atoms with Gasteiger partial charge in [0.25, 0.3) is 5.91 Å². The highest BCUT2D eigenvalue weighted by Gasteiger charge is 2.36. The summed E-state index contributed by atoms with van der Waals surface area (Å²) in [6, 6.07) is 4.81. The lowest BCUT2D eigenvalue weighted by molar-refractivity contribution is -0.146. The van der Waals surface area contributed by atoms with Crippen molar-refractivity contribution in [3.63, 3.8) is 0 Å². The van der Waals surface area contributed by atoms with Gasteiger partial charge < -0.3 is 20.5 Å². The van der Waals surface area contributed by atoms with Gasteiger partial charge in [0.05, 0.1) is 18.6 Å². The smallest absolute Gasteiger partial charge is 0.310 e. The van der Waals surface area contributed by atoms with Crippen LogP contribution in [0.5, 0.6) is 5.75 Å². The molecule has 0 aliphatic carbocycles. The van der Waals surface area contributed by atoms with Gasteiger partial charge >= 0.3 is 5.97 Å². The molecule has 1 aliphatic heterocycles. The number of hydrogen-bond donors (Lipinski definition) is 2. The van der Waals surface area contributed by atoms with Crippen LogP contribution < -0.4 is 10.5 Å². The summed E-state index contributed by atoms with van der Waals surface area (Å²) in [5.74, 6) is -1.00. The van der Waals surface area contributed by atoms with E-state index in [4.69, 9.17) is 15.6 Å². The second-order valence-corrected chi connectivity index (χ2v) is 4.20. The fourth-order valence-corrected chi connectivity index (χ4v) is 1.83. The SMILES string of the molecule is COc1ccc(C(=O)N2CC(C(=O)O)C2)c(N)c1. The van der Waals surface area contributed by atoms with Crippen molar-refractivity contribution in [1.29, 1.82) is 0 Å². The van der Waals surface area contributed by atoms with Crippen LogP contribution in [0.3, 0.4) is 0 Å². The molecule has 1 aliphatic rings. The molecule has 0 saturated carbocycles. The van der Waals surface area contributed by atoms with Crippen LogP contribution in [0.4, 0.5) is 5.69 Å². The zero-order valence-corrected chi connectivity index (χ0v) is 9.92. The summed E-state index contributed by atoms with van der Waals surface area (Å²) in [4.78, 5) is 24.2.